The predicted molar refractivity (Wildman–Crippen MR) is 57.0 cm³/mol. The number of benzene rings is 1. The third-order valence-electron chi connectivity index (χ3n) is 1.63. The Labute approximate surface area is 92.4 Å². The molecule has 0 radical (unpaired) electrons. The number of hydrogen-bond acceptors (Lipinski definition) is 3. The Morgan fingerprint density at radius 1 is 1.40 bits per heavy atom. The van der Waals surface area contributed by atoms with Gasteiger partial charge >= 0.3 is 5.97 Å². The lowest BCUT2D eigenvalue weighted by atomic mass is 10.1. The van der Waals surface area contributed by atoms with Crippen LogP contribution in [0.15, 0.2) is 18.2 Å². The molecule has 0 unspecified atom stereocenters. The summed E-state index contributed by atoms with van der Waals surface area (Å²) < 4.78 is 22.0. The van der Waals surface area contributed by atoms with Gasteiger partial charge in [0.2, 0.25) is 0 Å². The van der Waals surface area contributed by atoms with Crippen LogP contribution < -0.4 is 0 Å². The summed E-state index contributed by atoms with van der Waals surface area (Å²) in [5.74, 6) is -1.35. The molecule has 1 aromatic carbocycles. The van der Waals surface area contributed by atoms with Crippen molar-refractivity contribution in [1.82, 2.24) is 0 Å². The summed E-state index contributed by atoms with van der Waals surface area (Å²) in [5.41, 5.74) is 0.364. The van der Waals surface area contributed by atoms with Crippen molar-refractivity contribution in [3.8, 4) is 0 Å². The summed E-state index contributed by atoms with van der Waals surface area (Å²) in [7, 11) is -3.19. The Morgan fingerprint density at radius 3 is 2.47 bits per heavy atom. The van der Waals surface area contributed by atoms with E-state index in [0.29, 0.717) is 5.56 Å². The molecule has 0 aliphatic carbocycles. The molecule has 15 heavy (non-hydrogen) atoms. The molecule has 4 nitrogen and oxygen atoms in total. The van der Waals surface area contributed by atoms with Gasteiger partial charge in [0.1, 0.15) is 0 Å². The van der Waals surface area contributed by atoms with E-state index in [4.69, 9.17) is 16.7 Å². The summed E-state index contributed by atoms with van der Waals surface area (Å²) in [6, 6.07) is 4.01. The Kier molecular flexibility index (Phi) is 3.36. The van der Waals surface area contributed by atoms with Crippen LogP contribution in [0, 0.1) is 0 Å². The molecule has 0 fully saturated rings. The van der Waals surface area contributed by atoms with Crippen molar-refractivity contribution >= 4 is 27.4 Å². The lowest BCUT2D eigenvalue weighted by Gasteiger charge is -2.02. The molecule has 1 rings (SSSR count). The number of rotatable bonds is 3. The van der Waals surface area contributed by atoms with Gasteiger partial charge in [-0.3, -0.25) is 0 Å². The summed E-state index contributed by atoms with van der Waals surface area (Å²) in [4.78, 5) is 10.7. The van der Waals surface area contributed by atoms with Gasteiger partial charge in [-0.05, 0) is 23.8 Å². The van der Waals surface area contributed by atoms with Crippen molar-refractivity contribution in [1.29, 1.82) is 0 Å². The SMILES string of the molecule is CS(=O)(=O)Cc1cc(Cl)cc(C(=O)O)c1. The molecule has 6 heteroatoms. The first kappa shape index (κ1) is 12.0. The molecular weight excluding hydrogens is 240 g/mol. The molecular formula is C9H9ClO4S. The fourth-order valence-corrected chi connectivity index (χ4v) is 2.19. The molecule has 82 valence electrons. The molecule has 0 bridgehead atoms. The zero-order valence-corrected chi connectivity index (χ0v) is 9.47. The first-order valence-corrected chi connectivity index (χ1v) is 6.42. The van der Waals surface area contributed by atoms with Gasteiger partial charge in [-0.15, -0.1) is 0 Å². The van der Waals surface area contributed by atoms with Gasteiger partial charge in [-0.25, -0.2) is 13.2 Å². The van der Waals surface area contributed by atoms with Crippen molar-refractivity contribution in [3.63, 3.8) is 0 Å². The van der Waals surface area contributed by atoms with Crippen LogP contribution >= 0.6 is 11.6 Å². The molecule has 0 atom stereocenters. The number of hydrogen-bond donors (Lipinski definition) is 1. The number of carbonyl (C=O) groups is 1. The van der Waals surface area contributed by atoms with Gasteiger partial charge in [0, 0.05) is 11.3 Å². The second-order valence-corrected chi connectivity index (χ2v) is 5.80. The van der Waals surface area contributed by atoms with E-state index in [1.807, 2.05) is 0 Å². The highest BCUT2D eigenvalue weighted by molar-refractivity contribution is 7.89. The first-order valence-electron chi connectivity index (χ1n) is 3.98. The Morgan fingerprint density at radius 2 is 2.00 bits per heavy atom. The molecule has 0 amide bonds. The summed E-state index contributed by atoms with van der Waals surface area (Å²) >= 11 is 5.66. The molecule has 0 spiro atoms. The van der Waals surface area contributed by atoms with E-state index in [0.717, 1.165) is 6.26 Å². The van der Waals surface area contributed by atoms with Gasteiger partial charge in [0.15, 0.2) is 9.84 Å². The largest absolute Gasteiger partial charge is 0.478 e. The maximum absolute atomic E-state index is 11.0. The van der Waals surface area contributed by atoms with Crippen molar-refractivity contribution in [3.05, 3.63) is 34.3 Å². The summed E-state index contributed by atoms with van der Waals surface area (Å²) in [6.07, 6.45) is 1.08. The van der Waals surface area contributed by atoms with E-state index in [1.54, 1.807) is 0 Å². The molecule has 0 saturated heterocycles. The first-order chi connectivity index (χ1) is 6.78. The third-order valence-corrected chi connectivity index (χ3v) is 2.71. The second kappa shape index (κ2) is 4.20. The molecule has 0 aromatic heterocycles. The minimum atomic E-state index is -3.19. The fraction of sp³-hybridized carbons (Fsp3) is 0.222. The topological polar surface area (TPSA) is 71.4 Å². The fourth-order valence-electron chi connectivity index (χ4n) is 1.16. The van der Waals surface area contributed by atoms with Crippen molar-refractivity contribution in [2.45, 2.75) is 5.75 Å². The number of carboxylic acids is 1. The highest BCUT2D eigenvalue weighted by atomic mass is 35.5. The maximum atomic E-state index is 11.0. The van der Waals surface area contributed by atoms with Crippen LogP contribution in [0.25, 0.3) is 0 Å². The van der Waals surface area contributed by atoms with Crippen molar-refractivity contribution in [2.75, 3.05) is 6.26 Å². The molecule has 0 heterocycles. The number of halogens is 1. The van der Waals surface area contributed by atoms with E-state index in [-0.39, 0.29) is 16.3 Å². The summed E-state index contributed by atoms with van der Waals surface area (Å²) in [5, 5.41) is 8.94. The van der Waals surface area contributed by atoms with Gasteiger partial charge in [0.25, 0.3) is 0 Å². The van der Waals surface area contributed by atoms with Crippen LogP contribution in [0.2, 0.25) is 5.02 Å². The predicted octanol–water partition coefficient (Wildman–Crippen LogP) is 1.58. The lowest BCUT2D eigenvalue weighted by Crippen LogP contribution is -2.03. The Hall–Kier alpha value is -1.07. The maximum Gasteiger partial charge on any atom is 0.335 e. The van der Waals surface area contributed by atoms with Crippen molar-refractivity contribution in [2.24, 2.45) is 0 Å². The molecule has 1 aromatic rings. The molecule has 0 saturated carbocycles. The highest BCUT2D eigenvalue weighted by Gasteiger charge is 2.10. The smallest absolute Gasteiger partial charge is 0.335 e. The van der Waals surface area contributed by atoms with Gasteiger partial charge in [0.05, 0.1) is 11.3 Å². The monoisotopic (exact) mass is 248 g/mol. The zero-order chi connectivity index (χ0) is 11.6. The number of carboxylic acid groups (broad SMARTS) is 1. The van der Waals surface area contributed by atoms with Crippen molar-refractivity contribution < 1.29 is 18.3 Å². The summed E-state index contributed by atoms with van der Waals surface area (Å²) in [6.45, 7) is 0. The highest BCUT2D eigenvalue weighted by Crippen LogP contribution is 2.17. The van der Waals surface area contributed by atoms with Gasteiger partial charge in [-0.2, -0.15) is 0 Å². The quantitative estimate of drug-likeness (QED) is 0.882. The Balaban J connectivity index is 3.15. The second-order valence-electron chi connectivity index (χ2n) is 3.22. The molecule has 0 aliphatic heterocycles. The minimum Gasteiger partial charge on any atom is -0.478 e. The van der Waals surface area contributed by atoms with E-state index in [9.17, 15) is 13.2 Å². The van der Waals surface area contributed by atoms with Crippen LogP contribution in [0.3, 0.4) is 0 Å². The van der Waals surface area contributed by atoms with Crippen LogP contribution in [-0.2, 0) is 15.6 Å². The van der Waals surface area contributed by atoms with E-state index in [2.05, 4.69) is 0 Å². The van der Waals surface area contributed by atoms with E-state index >= 15 is 0 Å². The normalized spacial score (nSPS) is 11.3. The third kappa shape index (κ3) is 3.89. The minimum absolute atomic E-state index is 0.0128. The average molecular weight is 249 g/mol. The van der Waals surface area contributed by atoms with Crippen LogP contribution in [0.4, 0.5) is 0 Å². The lowest BCUT2D eigenvalue weighted by molar-refractivity contribution is 0.0696. The number of aromatic carboxylic acids is 1. The van der Waals surface area contributed by atoms with Gasteiger partial charge in [-0.1, -0.05) is 11.6 Å². The average Bonchev–Trinajstić information content (AvgIpc) is 1.99. The van der Waals surface area contributed by atoms with Crippen LogP contribution in [-0.4, -0.2) is 25.7 Å². The van der Waals surface area contributed by atoms with Gasteiger partial charge < -0.3 is 5.11 Å². The molecule has 0 aliphatic rings. The standard InChI is InChI=1S/C9H9ClO4S/c1-15(13,14)5-6-2-7(9(11)12)4-8(10)3-6/h2-4H,5H2,1H3,(H,11,12). The van der Waals surface area contributed by atoms with E-state index in [1.165, 1.54) is 18.2 Å². The van der Waals surface area contributed by atoms with Crippen LogP contribution in [0.5, 0.6) is 0 Å². The molecule has 1 N–H and O–H groups in total. The zero-order valence-electron chi connectivity index (χ0n) is 7.90. The number of sulfone groups is 1. The van der Waals surface area contributed by atoms with E-state index < -0.39 is 15.8 Å². The Bertz CT molecular complexity index is 493. The van der Waals surface area contributed by atoms with Crippen LogP contribution in [0.1, 0.15) is 15.9 Å².